The molecule has 4 aliphatic heterocycles. The van der Waals surface area contributed by atoms with E-state index in [1.807, 2.05) is 63.2 Å². The maximum atomic E-state index is 6.71. The van der Waals surface area contributed by atoms with Crippen molar-refractivity contribution in [2.45, 2.75) is 50.0 Å². The molecule has 0 saturated heterocycles. The first kappa shape index (κ1) is 122. The van der Waals surface area contributed by atoms with Gasteiger partial charge >= 0.3 is 0 Å². The average molecular weight is 1570 g/mol. The Balaban J connectivity index is -0.0000000471. The fraction of sp³-hybridized carbons (Fsp3) is 0.273. The van der Waals surface area contributed by atoms with Crippen LogP contribution in [0.3, 0.4) is 0 Å². The number of likely N-dealkylation sites (N-methyl/N-ethyl adjacent to an activating group) is 2. The molecule has 77 heavy (non-hydrogen) atoms. The summed E-state index contributed by atoms with van der Waals surface area (Å²) in [5.41, 5.74) is 7.34. The van der Waals surface area contributed by atoms with Crippen LogP contribution in [0.2, 0.25) is 0 Å². The van der Waals surface area contributed by atoms with E-state index in [4.69, 9.17) is 19.5 Å². The van der Waals surface area contributed by atoms with E-state index < -0.39 is 11.4 Å². The summed E-state index contributed by atoms with van der Waals surface area (Å²) in [5, 5.41) is 2.21. The molecular formula is C44H44Mo6N6O21-36. The van der Waals surface area contributed by atoms with Gasteiger partial charge < -0.3 is 123 Å². The molecule has 4 aromatic carbocycles. The van der Waals surface area contributed by atoms with Gasteiger partial charge in [0.15, 0.2) is 12.4 Å². The second kappa shape index (κ2) is 44.3. The quantitative estimate of drug-likeness (QED) is 0.140. The molecule has 0 unspecified atom stereocenters. The van der Waals surface area contributed by atoms with Gasteiger partial charge in [0.25, 0.3) is 0 Å². The van der Waals surface area contributed by atoms with Gasteiger partial charge in [0.05, 0.1) is 34.0 Å². The molecule has 6 aromatic rings. The summed E-state index contributed by atoms with van der Waals surface area (Å²) in [6, 6.07) is 33.6. The number of ether oxygens (including phenoxy) is 2. The molecule has 4 aliphatic rings. The molecule has 0 N–H and O–H groups in total. The van der Waals surface area contributed by atoms with Gasteiger partial charge in [0.1, 0.15) is 37.0 Å². The van der Waals surface area contributed by atoms with Crippen molar-refractivity contribution in [2.75, 3.05) is 23.9 Å². The van der Waals surface area contributed by atoms with Gasteiger partial charge in [-0.3, -0.25) is 9.98 Å². The average Bonchev–Trinajstić information content (AvgIpc) is 3.41. The number of anilines is 2. The van der Waals surface area contributed by atoms with E-state index in [0.29, 0.717) is 0 Å². The van der Waals surface area contributed by atoms with Crippen LogP contribution in [0, 0.1) is 0 Å². The minimum absolute atomic E-state index is 0. The third-order valence-electron chi connectivity index (χ3n) is 12.2. The third-order valence-corrected chi connectivity index (χ3v) is 12.2. The molecule has 2 atom stereocenters. The molecule has 27 nitrogen and oxygen atoms in total. The molecule has 2 spiro atoms. The summed E-state index contributed by atoms with van der Waals surface area (Å²) in [4.78, 5) is 14.3. The number of hydrogen-bond acceptors (Lipinski definition) is 6. The Kier molecular flexibility index (Phi) is 70.1. The van der Waals surface area contributed by atoms with Gasteiger partial charge in [0.2, 0.25) is 22.5 Å². The van der Waals surface area contributed by atoms with Crippen LogP contribution in [0.1, 0.15) is 38.8 Å². The molecule has 0 aliphatic carbocycles. The number of aryl methyl sites for hydroxylation is 2. The zero-order valence-electron chi connectivity index (χ0n) is 41.3. The van der Waals surface area contributed by atoms with Crippen molar-refractivity contribution >= 4 is 57.0 Å². The van der Waals surface area contributed by atoms with Crippen molar-refractivity contribution < 1.29 is 249 Å². The Morgan fingerprint density at radius 3 is 0.922 bits per heavy atom. The van der Waals surface area contributed by atoms with Gasteiger partial charge in [-0.1, -0.05) is 36.4 Å². The van der Waals surface area contributed by atoms with Crippen LogP contribution in [0.5, 0.6) is 11.5 Å². The maximum Gasteiger partial charge on any atom is 0.228 e. The molecule has 0 amide bonds. The van der Waals surface area contributed by atoms with Crippen molar-refractivity contribution in [3.8, 4) is 11.5 Å². The van der Waals surface area contributed by atoms with E-state index in [2.05, 4.69) is 134 Å². The molecule has 33 heteroatoms. The Morgan fingerprint density at radius 1 is 0.377 bits per heavy atom. The first-order valence-electron chi connectivity index (χ1n) is 17.9. The van der Waals surface area contributed by atoms with E-state index in [-0.39, 0.29) is 241 Å². The fourth-order valence-corrected chi connectivity index (χ4v) is 8.98. The number of aromatic nitrogens is 2. The molecular weight excluding hydrogens is 1520 g/mol. The number of pyridine rings is 2. The minimum Gasteiger partial charge on any atom is -2.00 e. The summed E-state index contributed by atoms with van der Waals surface area (Å²) < 4.78 is 17.6. The number of fused-ring (bicyclic) bond motifs is 8. The second-order valence-electron chi connectivity index (χ2n) is 15.4. The van der Waals surface area contributed by atoms with Crippen LogP contribution in [0.25, 0.3) is 21.8 Å². The van der Waals surface area contributed by atoms with E-state index >= 15 is 0 Å². The number of hydrogen-bond donors (Lipinski definition) is 0. The third kappa shape index (κ3) is 17.8. The monoisotopic (exact) mass is 1580 g/mol. The molecule has 6 heterocycles. The molecule has 10 rings (SSSR count). The van der Waals surface area contributed by atoms with Gasteiger partial charge in [-0.15, -0.1) is 0 Å². The normalized spacial score (nSPS) is 15.1. The predicted molar refractivity (Wildman–Crippen MR) is 222 cm³/mol. The summed E-state index contributed by atoms with van der Waals surface area (Å²) in [5.74, 6) is 1.66. The van der Waals surface area contributed by atoms with Gasteiger partial charge in [-0.05, 0) is 75.2 Å². The number of nitrogens with zero attached hydrogens (tertiary/aromatic N) is 6. The van der Waals surface area contributed by atoms with Crippen molar-refractivity contribution in [1.82, 2.24) is 0 Å². The van der Waals surface area contributed by atoms with Crippen molar-refractivity contribution in [3.63, 3.8) is 0 Å². The zero-order chi connectivity index (χ0) is 36.2. The number of para-hydroxylation sites is 2. The van der Waals surface area contributed by atoms with E-state index in [9.17, 15) is 0 Å². The van der Waals surface area contributed by atoms with Crippen LogP contribution in [0.4, 0.5) is 22.7 Å². The molecule has 448 valence electrons. The molecule has 0 saturated carbocycles. The zero-order valence-corrected chi connectivity index (χ0v) is 53.3. The minimum atomic E-state index is -0.631. The van der Waals surface area contributed by atoms with Crippen molar-refractivity contribution in [2.24, 2.45) is 24.1 Å². The molecule has 0 fully saturated rings. The Labute approximate surface area is 531 Å². The Morgan fingerprint density at radius 2 is 0.649 bits per heavy atom. The van der Waals surface area contributed by atoms with Crippen LogP contribution in [-0.2, 0) is 255 Å². The smallest absolute Gasteiger partial charge is 0.228 e. The number of benzene rings is 4. The first-order valence-corrected chi connectivity index (χ1v) is 17.9. The summed E-state index contributed by atoms with van der Waals surface area (Å²) in [6.45, 7) is 8.92. The topological polar surface area (TPSA) is 599 Å². The molecule has 0 radical (unpaired) electrons. The van der Waals surface area contributed by atoms with Gasteiger partial charge in [-0.25, -0.2) is 9.13 Å². The fourth-order valence-electron chi connectivity index (χ4n) is 8.98. The van der Waals surface area contributed by atoms with Gasteiger partial charge in [-0.2, -0.15) is 0 Å². The summed E-state index contributed by atoms with van der Waals surface area (Å²) in [6.07, 6.45) is 8.08. The number of aliphatic imine (C=N–C) groups is 2. The van der Waals surface area contributed by atoms with Gasteiger partial charge in [0, 0.05) is 176 Å². The largest absolute Gasteiger partial charge is 2.00 e. The Bertz CT molecular complexity index is 2430. The van der Waals surface area contributed by atoms with E-state index in [1.54, 1.807) is 0 Å². The SMILES string of the molecule is CN1c2ccccc2C(C)(C)[C@@]12C=Nc1c(ccc3c1ccc[n+]3C)O2.CN1c2ccccc2C(C)(C)[C@]12C=Nc1c(ccc3c1ccc[n+]3C)O2.[Mo].[Mo].[Mo].[Mo].[Mo].[Mo].[O-2].[O-2].[O-2].[O-2].[O-2].[O-2].[O-2].[O-2].[O-2].[O-2].[O-2].[O-2].[O-2].[O-2].[O-2].[O-2].[O-2].[O-2].[O-2]. The molecule has 2 aromatic heterocycles. The van der Waals surface area contributed by atoms with E-state index in [1.165, 1.54) is 22.5 Å². The van der Waals surface area contributed by atoms with E-state index in [0.717, 1.165) is 44.7 Å². The summed E-state index contributed by atoms with van der Waals surface area (Å²) >= 11 is 0. The maximum absolute atomic E-state index is 6.71. The first-order chi connectivity index (χ1) is 24.9. The summed E-state index contributed by atoms with van der Waals surface area (Å²) in [7, 11) is 8.28. The standard InChI is InChI=1S/2C22H22N3O.6Mo.19O/c2*1-21(2)16-9-5-6-10-18(16)25(4)22(21)14-23-20-15-8-7-13-24(3)17(15)11-12-19(20)26-22;;;;;;;;;;;;;;;;;;;;;;;;;/h2*5-14H,1-4H3;;;;;;;;;;;;;;;;;;;;;;;;;/q2*+1;;;;;;;19*-2/t2*22-;;;;;;;;;;;;;;;;;;;;;;;;;/m10........................./s1. The van der Waals surface area contributed by atoms with Crippen LogP contribution < -0.4 is 28.4 Å². The second-order valence-corrected chi connectivity index (χ2v) is 15.4. The predicted octanol–water partition coefficient (Wildman–Crippen LogP) is 5.49. The molecule has 0 bridgehead atoms. The van der Waals surface area contributed by atoms with Crippen molar-refractivity contribution in [1.29, 1.82) is 0 Å². The van der Waals surface area contributed by atoms with Crippen LogP contribution >= 0.6 is 0 Å². The van der Waals surface area contributed by atoms with Crippen molar-refractivity contribution in [3.05, 3.63) is 121 Å². The number of rotatable bonds is 0. The van der Waals surface area contributed by atoms with Crippen LogP contribution in [0.15, 0.2) is 119 Å². The van der Waals surface area contributed by atoms with Crippen LogP contribution in [-0.4, -0.2) is 38.0 Å². The Hall–Kier alpha value is -2.39.